The Hall–Kier alpha value is -0.0800. The molecule has 0 aliphatic carbocycles. The second kappa shape index (κ2) is 6.49. The van der Waals surface area contributed by atoms with Crippen LogP contribution in [0.5, 0.6) is 0 Å². The van der Waals surface area contributed by atoms with Crippen LogP contribution < -0.4 is 5.32 Å². The lowest BCUT2D eigenvalue weighted by molar-refractivity contribution is -0.0288. The van der Waals surface area contributed by atoms with E-state index in [9.17, 15) is 0 Å². The third kappa shape index (κ3) is 4.98. The lowest BCUT2D eigenvalue weighted by Crippen LogP contribution is -2.39. The van der Waals surface area contributed by atoms with E-state index in [1.54, 1.807) is 0 Å². The minimum Gasteiger partial charge on any atom is -0.375 e. The van der Waals surface area contributed by atoms with Crippen molar-refractivity contribution in [3.05, 3.63) is 0 Å². The quantitative estimate of drug-likeness (QED) is 0.758. The third-order valence-corrected chi connectivity index (χ3v) is 3.12. The van der Waals surface area contributed by atoms with Crippen LogP contribution in [0.2, 0.25) is 0 Å². The number of nitrogens with one attached hydrogen (secondary N) is 1. The molecule has 0 bridgehead atoms. The molecule has 0 unspecified atom stereocenters. The van der Waals surface area contributed by atoms with E-state index in [0.717, 1.165) is 0 Å². The molecule has 90 valence electrons. The summed E-state index contributed by atoms with van der Waals surface area (Å²) in [6, 6.07) is 0.685. The second-order valence-corrected chi connectivity index (χ2v) is 5.35. The number of hydrogen-bond donors (Lipinski definition) is 1. The van der Waals surface area contributed by atoms with E-state index in [0.29, 0.717) is 24.2 Å². The number of piperidine rings is 1. The van der Waals surface area contributed by atoms with Gasteiger partial charge < -0.3 is 10.1 Å². The van der Waals surface area contributed by atoms with Gasteiger partial charge in [0.1, 0.15) is 0 Å². The second-order valence-electron chi connectivity index (χ2n) is 5.35. The highest BCUT2D eigenvalue weighted by molar-refractivity contribution is 4.77. The molecule has 1 rings (SSSR count). The third-order valence-electron chi connectivity index (χ3n) is 3.12. The summed E-state index contributed by atoms with van der Waals surface area (Å²) in [7, 11) is 0. The Kier molecular flexibility index (Phi) is 5.62. The van der Waals surface area contributed by atoms with E-state index >= 15 is 0 Å². The monoisotopic (exact) mass is 213 g/mol. The molecule has 0 aromatic heterocycles. The Morgan fingerprint density at radius 2 is 1.93 bits per heavy atom. The van der Waals surface area contributed by atoms with Crippen LogP contribution in [0.15, 0.2) is 0 Å². The molecular formula is C13H27NO. The Balaban J connectivity index is 2.35. The van der Waals surface area contributed by atoms with Crippen LogP contribution in [-0.4, -0.2) is 24.8 Å². The Labute approximate surface area is 94.8 Å². The summed E-state index contributed by atoms with van der Waals surface area (Å²) in [6.07, 6.45) is 5.99. The molecule has 0 aromatic carbocycles. The van der Waals surface area contributed by atoms with E-state index in [2.05, 4.69) is 33.0 Å². The van der Waals surface area contributed by atoms with Crippen LogP contribution in [-0.2, 0) is 4.74 Å². The van der Waals surface area contributed by atoms with E-state index in [-0.39, 0.29) is 0 Å². The number of hydrogen-bond acceptors (Lipinski definition) is 2. The van der Waals surface area contributed by atoms with Gasteiger partial charge in [-0.25, -0.2) is 0 Å². The molecule has 0 radical (unpaired) electrons. The molecule has 1 N–H and O–H groups in total. The van der Waals surface area contributed by atoms with E-state index < -0.39 is 0 Å². The highest BCUT2D eigenvalue weighted by atomic mass is 16.5. The lowest BCUT2D eigenvalue weighted by Gasteiger charge is -2.30. The Morgan fingerprint density at radius 3 is 2.40 bits per heavy atom. The maximum Gasteiger partial charge on any atom is 0.0616 e. The minimum atomic E-state index is 0.348. The van der Waals surface area contributed by atoms with Gasteiger partial charge in [0, 0.05) is 6.04 Å². The van der Waals surface area contributed by atoms with Gasteiger partial charge >= 0.3 is 0 Å². The molecule has 0 spiro atoms. The molecule has 2 heteroatoms. The molecule has 0 amide bonds. The fourth-order valence-corrected chi connectivity index (χ4v) is 2.24. The minimum absolute atomic E-state index is 0.348. The Morgan fingerprint density at radius 1 is 1.20 bits per heavy atom. The van der Waals surface area contributed by atoms with Crippen LogP contribution >= 0.6 is 0 Å². The van der Waals surface area contributed by atoms with Crippen LogP contribution in [0.1, 0.15) is 53.4 Å². The molecule has 15 heavy (non-hydrogen) atoms. The summed E-state index contributed by atoms with van der Waals surface area (Å²) in [4.78, 5) is 0. The first-order valence-electron chi connectivity index (χ1n) is 6.48. The number of rotatable bonds is 5. The fourth-order valence-electron chi connectivity index (χ4n) is 2.24. The van der Waals surface area contributed by atoms with Crippen molar-refractivity contribution in [1.82, 2.24) is 5.32 Å². The van der Waals surface area contributed by atoms with E-state index in [4.69, 9.17) is 4.74 Å². The molecule has 0 aromatic rings. The molecule has 1 aliphatic heterocycles. The maximum atomic E-state index is 5.97. The molecule has 2 nitrogen and oxygen atoms in total. The molecular weight excluding hydrogens is 186 g/mol. The standard InChI is InChI=1S/C13H27NO/c1-10(2)13(15-11(3)4)9-12-7-5-6-8-14-12/h10-14H,5-9H2,1-4H3/t12-,13+/m0/s1. The summed E-state index contributed by atoms with van der Waals surface area (Å²) >= 11 is 0. The summed E-state index contributed by atoms with van der Waals surface area (Å²) in [6.45, 7) is 9.97. The summed E-state index contributed by atoms with van der Waals surface area (Å²) in [5.41, 5.74) is 0. The molecule has 1 fully saturated rings. The molecule has 2 atom stereocenters. The van der Waals surface area contributed by atoms with Crippen LogP contribution in [0, 0.1) is 5.92 Å². The van der Waals surface area contributed by atoms with Gasteiger partial charge in [0.25, 0.3) is 0 Å². The van der Waals surface area contributed by atoms with E-state index in [1.165, 1.54) is 32.2 Å². The zero-order chi connectivity index (χ0) is 11.3. The topological polar surface area (TPSA) is 21.3 Å². The van der Waals surface area contributed by atoms with Gasteiger partial charge in [-0.15, -0.1) is 0 Å². The van der Waals surface area contributed by atoms with Gasteiger partial charge in [-0.3, -0.25) is 0 Å². The average Bonchev–Trinajstić information content (AvgIpc) is 2.17. The molecule has 0 saturated carbocycles. The number of ether oxygens (including phenoxy) is 1. The van der Waals surface area contributed by atoms with Crippen molar-refractivity contribution in [3.8, 4) is 0 Å². The smallest absolute Gasteiger partial charge is 0.0616 e. The van der Waals surface area contributed by atoms with Gasteiger partial charge in [-0.1, -0.05) is 20.3 Å². The highest BCUT2D eigenvalue weighted by Crippen LogP contribution is 2.19. The zero-order valence-corrected chi connectivity index (χ0v) is 10.8. The lowest BCUT2D eigenvalue weighted by atomic mass is 9.94. The first-order valence-corrected chi connectivity index (χ1v) is 6.48. The normalized spacial score (nSPS) is 24.8. The summed E-state index contributed by atoms with van der Waals surface area (Å²) in [5, 5.41) is 3.60. The predicted molar refractivity (Wildman–Crippen MR) is 65.1 cm³/mol. The molecule has 1 saturated heterocycles. The first-order chi connectivity index (χ1) is 7.09. The predicted octanol–water partition coefficient (Wildman–Crippen LogP) is 2.97. The fraction of sp³-hybridized carbons (Fsp3) is 1.00. The van der Waals surface area contributed by atoms with Crippen LogP contribution in [0.25, 0.3) is 0 Å². The summed E-state index contributed by atoms with van der Waals surface area (Å²) < 4.78 is 5.97. The van der Waals surface area contributed by atoms with Crippen molar-refractivity contribution in [2.24, 2.45) is 5.92 Å². The molecule has 1 aliphatic rings. The SMILES string of the molecule is CC(C)O[C@H](C[C@@H]1CCCCN1)C(C)C. The van der Waals surface area contributed by atoms with Crippen molar-refractivity contribution in [3.63, 3.8) is 0 Å². The van der Waals surface area contributed by atoms with Crippen LogP contribution in [0.4, 0.5) is 0 Å². The molecule has 1 heterocycles. The van der Waals surface area contributed by atoms with Crippen molar-refractivity contribution in [2.75, 3.05) is 6.54 Å². The average molecular weight is 213 g/mol. The van der Waals surface area contributed by atoms with E-state index in [1.807, 2.05) is 0 Å². The van der Waals surface area contributed by atoms with Crippen molar-refractivity contribution < 1.29 is 4.74 Å². The Bertz CT molecular complexity index is 162. The van der Waals surface area contributed by atoms with Gasteiger partial charge in [-0.05, 0) is 45.6 Å². The zero-order valence-electron chi connectivity index (χ0n) is 10.8. The largest absolute Gasteiger partial charge is 0.375 e. The maximum absolute atomic E-state index is 5.97. The highest BCUT2D eigenvalue weighted by Gasteiger charge is 2.22. The van der Waals surface area contributed by atoms with Crippen molar-refractivity contribution in [1.29, 1.82) is 0 Å². The van der Waals surface area contributed by atoms with Gasteiger partial charge in [0.15, 0.2) is 0 Å². The van der Waals surface area contributed by atoms with Crippen LogP contribution in [0.3, 0.4) is 0 Å². The first kappa shape index (κ1) is 13.0. The van der Waals surface area contributed by atoms with Gasteiger partial charge in [-0.2, -0.15) is 0 Å². The van der Waals surface area contributed by atoms with Gasteiger partial charge in [0.05, 0.1) is 12.2 Å². The van der Waals surface area contributed by atoms with Crippen molar-refractivity contribution in [2.45, 2.75) is 71.6 Å². The van der Waals surface area contributed by atoms with Gasteiger partial charge in [0.2, 0.25) is 0 Å². The summed E-state index contributed by atoms with van der Waals surface area (Å²) in [5.74, 6) is 0.621. The van der Waals surface area contributed by atoms with Crippen molar-refractivity contribution >= 4 is 0 Å².